The summed E-state index contributed by atoms with van der Waals surface area (Å²) in [5.74, 6) is 1.48. The largest absolute Gasteiger partial charge is 0.300 e. The van der Waals surface area contributed by atoms with Gasteiger partial charge in [0.1, 0.15) is 5.69 Å². The molecule has 1 heterocycles. The van der Waals surface area contributed by atoms with Crippen molar-refractivity contribution < 1.29 is 4.79 Å². The number of aromatic nitrogens is 2. The minimum absolute atomic E-state index is 0.0304. The molecule has 1 aromatic heterocycles. The molecule has 1 unspecified atom stereocenters. The van der Waals surface area contributed by atoms with E-state index >= 15 is 0 Å². The van der Waals surface area contributed by atoms with Crippen LogP contribution in [0.1, 0.15) is 73.8 Å². The van der Waals surface area contributed by atoms with Crippen molar-refractivity contribution in [2.45, 2.75) is 63.2 Å². The van der Waals surface area contributed by atoms with Gasteiger partial charge in [0, 0.05) is 29.1 Å². The average molecular weight is 438 g/mol. The van der Waals surface area contributed by atoms with Gasteiger partial charge in [0.25, 0.3) is 0 Å². The summed E-state index contributed by atoms with van der Waals surface area (Å²) in [7, 11) is 0. The maximum Gasteiger partial charge on any atom is 0.186 e. The molecule has 2 saturated carbocycles. The number of nitrogens with zero attached hydrogens (tertiary/aromatic N) is 3. The Kier molecular flexibility index (Phi) is 7.16. The fourth-order valence-electron chi connectivity index (χ4n) is 5.40. The third-order valence-corrected chi connectivity index (χ3v) is 7.63. The van der Waals surface area contributed by atoms with Crippen LogP contribution >= 0.6 is 11.6 Å². The van der Waals surface area contributed by atoms with Gasteiger partial charge < -0.3 is 4.99 Å². The highest BCUT2D eigenvalue weighted by molar-refractivity contribution is 6.30. The highest BCUT2D eigenvalue weighted by Crippen LogP contribution is 2.46. The molecule has 0 N–H and O–H groups in total. The third kappa shape index (κ3) is 5.41. The van der Waals surface area contributed by atoms with Crippen LogP contribution in [0.2, 0.25) is 5.02 Å². The number of hydrogen-bond acceptors (Lipinski definition) is 4. The van der Waals surface area contributed by atoms with E-state index in [1.165, 1.54) is 24.8 Å². The van der Waals surface area contributed by atoms with Gasteiger partial charge in [-0.3, -0.25) is 4.79 Å². The number of halogens is 1. The topological polar surface area (TPSA) is 55.2 Å². The summed E-state index contributed by atoms with van der Waals surface area (Å²) < 4.78 is 0. The molecule has 0 bridgehead atoms. The van der Waals surface area contributed by atoms with E-state index in [2.05, 4.69) is 34.0 Å². The Morgan fingerprint density at radius 2 is 2.00 bits per heavy atom. The van der Waals surface area contributed by atoms with Crippen molar-refractivity contribution >= 4 is 24.1 Å². The molecular formula is C26H32ClN3O. The van der Waals surface area contributed by atoms with Crippen LogP contribution in [0.25, 0.3) is 0 Å². The van der Waals surface area contributed by atoms with E-state index in [-0.39, 0.29) is 17.1 Å². The second kappa shape index (κ2) is 10.0. The minimum atomic E-state index is -0.0304. The number of Topliss-reactive ketones (excluding diaryl/α,β-unsaturated/α-hetero) is 1. The molecule has 2 aliphatic rings. The number of ketones is 1. The number of carbonyl (C=O) groups is 1. The Morgan fingerprint density at radius 1 is 1.19 bits per heavy atom. The predicted octanol–water partition coefficient (Wildman–Crippen LogP) is 6.34. The van der Waals surface area contributed by atoms with E-state index in [4.69, 9.17) is 11.6 Å². The molecule has 0 amide bonds. The van der Waals surface area contributed by atoms with Crippen LogP contribution in [-0.4, -0.2) is 29.2 Å². The highest BCUT2D eigenvalue weighted by Gasteiger charge is 2.40. The second-order valence-electron chi connectivity index (χ2n) is 9.46. The van der Waals surface area contributed by atoms with E-state index < -0.39 is 0 Å². The molecular weight excluding hydrogens is 406 g/mol. The first kappa shape index (κ1) is 22.1. The summed E-state index contributed by atoms with van der Waals surface area (Å²) in [6.45, 7) is 4.48. The lowest BCUT2D eigenvalue weighted by atomic mass is 9.63. The lowest BCUT2D eigenvalue weighted by Gasteiger charge is -2.42. The molecule has 1 aromatic carbocycles. The van der Waals surface area contributed by atoms with Crippen molar-refractivity contribution in [2.75, 3.05) is 6.54 Å². The minimum Gasteiger partial charge on any atom is -0.300 e. The molecule has 4 nitrogen and oxygen atoms in total. The summed E-state index contributed by atoms with van der Waals surface area (Å²) in [6.07, 6.45) is 11.7. The Balaban J connectivity index is 1.50. The molecule has 2 fully saturated rings. The van der Waals surface area contributed by atoms with Crippen LogP contribution < -0.4 is 0 Å². The van der Waals surface area contributed by atoms with Crippen molar-refractivity contribution in [3.63, 3.8) is 0 Å². The first-order valence-electron chi connectivity index (χ1n) is 11.6. The first-order chi connectivity index (χ1) is 15.1. The third-order valence-electron chi connectivity index (χ3n) is 7.39. The summed E-state index contributed by atoms with van der Waals surface area (Å²) in [5.41, 5.74) is 1.73. The maximum absolute atomic E-state index is 13.4. The predicted molar refractivity (Wildman–Crippen MR) is 126 cm³/mol. The van der Waals surface area contributed by atoms with Gasteiger partial charge in [0.2, 0.25) is 0 Å². The van der Waals surface area contributed by atoms with Gasteiger partial charge in [-0.05, 0) is 80.5 Å². The monoisotopic (exact) mass is 437 g/mol. The van der Waals surface area contributed by atoms with E-state index in [1.54, 1.807) is 6.20 Å². The second-order valence-corrected chi connectivity index (χ2v) is 9.90. The zero-order valence-corrected chi connectivity index (χ0v) is 18.9. The van der Waals surface area contributed by atoms with Crippen LogP contribution in [0.3, 0.4) is 0 Å². The zero-order chi connectivity index (χ0) is 21.7. The summed E-state index contributed by atoms with van der Waals surface area (Å²) in [6, 6.07) is 11.8. The molecule has 2 aromatic rings. The Labute approximate surface area is 190 Å². The number of hydrogen-bond donors (Lipinski definition) is 0. The van der Waals surface area contributed by atoms with Crippen LogP contribution in [0, 0.1) is 17.8 Å². The van der Waals surface area contributed by atoms with Crippen molar-refractivity contribution in [1.82, 2.24) is 10.2 Å². The van der Waals surface area contributed by atoms with E-state index in [0.29, 0.717) is 18.2 Å². The first-order valence-corrected chi connectivity index (χ1v) is 12.0. The Hall–Kier alpha value is -2.07. The number of benzene rings is 1. The molecule has 0 aliphatic heterocycles. The van der Waals surface area contributed by atoms with Gasteiger partial charge in [-0.15, -0.1) is 5.10 Å². The summed E-state index contributed by atoms with van der Waals surface area (Å²) in [5, 5.41) is 8.84. The molecule has 0 spiro atoms. The summed E-state index contributed by atoms with van der Waals surface area (Å²) in [4.78, 5) is 17.7. The molecule has 2 aliphatic carbocycles. The molecule has 0 saturated heterocycles. The molecule has 164 valence electrons. The fraction of sp³-hybridized carbons (Fsp3) is 0.538. The van der Waals surface area contributed by atoms with Gasteiger partial charge >= 0.3 is 0 Å². The van der Waals surface area contributed by atoms with Gasteiger partial charge in [-0.2, -0.15) is 5.10 Å². The van der Waals surface area contributed by atoms with Crippen LogP contribution in [0.4, 0.5) is 0 Å². The number of aliphatic imine (C=N–C) groups is 1. The normalized spacial score (nSPS) is 24.5. The van der Waals surface area contributed by atoms with Crippen molar-refractivity contribution in [1.29, 1.82) is 0 Å². The molecule has 4 rings (SSSR count). The average Bonchev–Trinajstić information content (AvgIpc) is 3.62. The van der Waals surface area contributed by atoms with Gasteiger partial charge in [-0.25, -0.2) is 0 Å². The Morgan fingerprint density at radius 3 is 2.65 bits per heavy atom. The van der Waals surface area contributed by atoms with Crippen molar-refractivity contribution in [2.24, 2.45) is 22.7 Å². The van der Waals surface area contributed by atoms with Crippen LogP contribution in [-0.2, 0) is 5.41 Å². The lowest BCUT2D eigenvalue weighted by molar-refractivity contribution is 0.0793. The molecule has 1 atom stereocenters. The van der Waals surface area contributed by atoms with Crippen molar-refractivity contribution in [3.8, 4) is 0 Å². The van der Waals surface area contributed by atoms with Gasteiger partial charge in [-0.1, -0.05) is 49.4 Å². The fourth-order valence-corrected chi connectivity index (χ4v) is 5.59. The lowest BCUT2D eigenvalue weighted by Crippen LogP contribution is -2.38. The van der Waals surface area contributed by atoms with E-state index in [1.807, 2.05) is 24.3 Å². The van der Waals surface area contributed by atoms with E-state index in [9.17, 15) is 4.79 Å². The number of rotatable bonds is 10. The maximum atomic E-state index is 13.4. The zero-order valence-electron chi connectivity index (χ0n) is 18.2. The Bertz CT molecular complexity index is 889. The quantitative estimate of drug-likeness (QED) is 0.322. The van der Waals surface area contributed by atoms with Crippen LogP contribution in [0.15, 0.2) is 47.6 Å². The van der Waals surface area contributed by atoms with Gasteiger partial charge in [0.15, 0.2) is 5.78 Å². The van der Waals surface area contributed by atoms with Crippen LogP contribution in [0.5, 0.6) is 0 Å². The SMILES string of the molecule is C=NCC1(c2cccc(Cl)c2)CCC(C(CCCC2CC2)C(=O)c2cccnn2)CC1. The molecule has 5 heteroatoms. The summed E-state index contributed by atoms with van der Waals surface area (Å²) >= 11 is 6.30. The van der Waals surface area contributed by atoms with Crippen molar-refractivity contribution in [3.05, 3.63) is 58.9 Å². The van der Waals surface area contributed by atoms with E-state index in [0.717, 1.165) is 49.5 Å². The number of carbonyl (C=O) groups excluding carboxylic acids is 1. The standard InChI is InChI=1S/C26H32ClN3O/c1-28-18-26(21-6-3-7-22(27)17-21)14-12-20(13-15-26)23(8-2-5-19-10-11-19)25(31)24-9-4-16-29-30-24/h3-4,6-7,9,16-17,19-20,23H,1-2,5,8,10-15,18H2. The smallest absolute Gasteiger partial charge is 0.186 e. The molecule has 0 radical (unpaired) electrons. The van der Waals surface area contributed by atoms with Gasteiger partial charge in [0.05, 0.1) is 0 Å². The molecule has 31 heavy (non-hydrogen) atoms. The highest BCUT2D eigenvalue weighted by atomic mass is 35.5.